The van der Waals surface area contributed by atoms with E-state index in [1.165, 1.54) is 12.1 Å². The fourth-order valence-corrected chi connectivity index (χ4v) is 4.54. The third kappa shape index (κ3) is 6.86. The van der Waals surface area contributed by atoms with Gasteiger partial charge in [-0.1, -0.05) is 62.0 Å². The number of alkyl halides is 3. The largest absolute Gasteiger partial charge is 0.516 e. The second-order valence-electron chi connectivity index (χ2n) is 6.08. The predicted octanol–water partition coefficient (Wildman–Crippen LogP) is 6.85. The summed E-state index contributed by atoms with van der Waals surface area (Å²) in [7, 11) is -5.61. The minimum atomic E-state index is -5.61. The highest BCUT2D eigenvalue weighted by atomic mass is 79.9. The average Bonchev–Trinajstić information content (AvgIpc) is 2.60. The lowest BCUT2D eigenvalue weighted by Crippen LogP contribution is -2.30. The molecule has 5 nitrogen and oxygen atoms in total. The summed E-state index contributed by atoms with van der Waals surface area (Å²) in [6.45, 7) is 1.93. The molecule has 0 heterocycles. The minimum absolute atomic E-state index is 0.0927. The molecule has 0 fully saturated rings. The molecule has 2 aromatic rings. The van der Waals surface area contributed by atoms with Gasteiger partial charge in [-0.15, -0.1) is 0 Å². The number of sulfonamides is 1. The van der Waals surface area contributed by atoms with Gasteiger partial charge in [0.15, 0.2) is 0 Å². The summed E-state index contributed by atoms with van der Waals surface area (Å²) in [5, 5.41) is 4.25. The SMILES string of the molecule is CCCC(=NOCc1cc(Br)cc(Br)c1)c1cc(Cl)ccc1NS(=O)(=O)C(F)(F)F. The van der Waals surface area contributed by atoms with Crippen molar-refractivity contribution in [3.63, 3.8) is 0 Å². The highest BCUT2D eigenvalue weighted by Crippen LogP contribution is 2.29. The van der Waals surface area contributed by atoms with E-state index in [2.05, 4.69) is 37.0 Å². The van der Waals surface area contributed by atoms with Gasteiger partial charge in [-0.05, 0) is 48.4 Å². The molecule has 0 unspecified atom stereocenters. The van der Waals surface area contributed by atoms with Crippen LogP contribution in [0.1, 0.15) is 30.9 Å². The fraction of sp³-hybridized carbons (Fsp3) is 0.278. The maximum atomic E-state index is 12.8. The Labute approximate surface area is 193 Å². The van der Waals surface area contributed by atoms with Gasteiger partial charge in [-0.25, -0.2) is 0 Å². The normalized spacial score (nSPS) is 12.7. The fourth-order valence-electron chi connectivity index (χ4n) is 2.39. The van der Waals surface area contributed by atoms with Crippen LogP contribution < -0.4 is 4.72 Å². The number of benzene rings is 2. The summed E-state index contributed by atoms with van der Waals surface area (Å²) in [6.07, 6.45) is 0.909. The first-order valence-electron chi connectivity index (χ1n) is 8.45. The first-order valence-corrected chi connectivity index (χ1v) is 11.9. The molecule has 2 aromatic carbocycles. The van der Waals surface area contributed by atoms with E-state index >= 15 is 0 Å². The zero-order chi connectivity index (χ0) is 22.5. The van der Waals surface area contributed by atoms with Crippen molar-refractivity contribution in [1.82, 2.24) is 0 Å². The van der Waals surface area contributed by atoms with Gasteiger partial charge in [0.05, 0.1) is 11.4 Å². The number of rotatable bonds is 8. The molecule has 0 aromatic heterocycles. The Hall–Kier alpha value is -1.30. The van der Waals surface area contributed by atoms with Crippen molar-refractivity contribution in [2.75, 3.05) is 4.72 Å². The van der Waals surface area contributed by atoms with Crippen LogP contribution in [0.25, 0.3) is 0 Å². The van der Waals surface area contributed by atoms with Crippen LogP contribution in [0.3, 0.4) is 0 Å². The molecule has 0 aliphatic heterocycles. The number of oxime groups is 1. The Bertz CT molecular complexity index is 1030. The molecule has 12 heteroatoms. The Kier molecular flexibility index (Phi) is 8.60. The first-order chi connectivity index (χ1) is 13.9. The number of anilines is 1. The number of hydrogen-bond donors (Lipinski definition) is 1. The molecule has 0 saturated heterocycles. The Morgan fingerprint density at radius 2 is 1.80 bits per heavy atom. The molecule has 164 valence electrons. The molecule has 0 radical (unpaired) electrons. The Balaban J connectivity index is 2.36. The molecule has 0 aliphatic rings. The number of hydrogen-bond acceptors (Lipinski definition) is 4. The summed E-state index contributed by atoms with van der Waals surface area (Å²) in [6, 6.07) is 9.26. The van der Waals surface area contributed by atoms with Crippen molar-refractivity contribution in [2.24, 2.45) is 5.16 Å². The van der Waals surface area contributed by atoms with Crippen molar-refractivity contribution in [3.8, 4) is 0 Å². The van der Waals surface area contributed by atoms with Gasteiger partial charge in [0, 0.05) is 19.5 Å². The molecule has 0 bridgehead atoms. The minimum Gasteiger partial charge on any atom is -0.391 e. The van der Waals surface area contributed by atoms with E-state index in [0.29, 0.717) is 12.8 Å². The average molecular weight is 593 g/mol. The summed E-state index contributed by atoms with van der Waals surface area (Å²) in [5.74, 6) is 0. The van der Waals surface area contributed by atoms with E-state index in [0.717, 1.165) is 20.6 Å². The molecule has 1 N–H and O–H groups in total. The maximum absolute atomic E-state index is 12.8. The van der Waals surface area contributed by atoms with Crippen LogP contribution in [-0.4, -0.2) is 19.6 Å². The standard InChI is InChI=1S/C18H16Br2ClF3N2O3S/c1-2-3-16(25-29-10-11-6-12(19)8-13(20)7-11)15-9-14(21)4-5-17(15)26-30(27,28)18(22,23)24/h4-9,26H,2-3,10H2,1H3. The smallest absolute Gasteiger partial charge is 0.391 e. The topological polar surface area (TPSA) is 67.8 Å². The highest BCUT2D eigenvalue weighted by Gasteiger charge is 2.46. The van der Waals surface area contributed by atoms with Crippen LogP contribution in [0, 0.1) is 0 Å². The van der Waals surface area contributed by atoms with Crippen molar-refractivity contribution in [3.05, 3.63) is 61.5 Å². The number of nitrogens with zero attached hydrogens (tertiary/aromatic N) is 1. The van der Waals surface area contributed by atoms with Crippen LogP contribution in [-0.2, 0) is 21.5 Å². The van der Waals surface area contributed by atoms with Gasteiger partial charge in [-0.3, -0.25) is 4.72 Å². The first kappa shape index (κ1) is 25.0. The maximum Gasteiger partial charge on any atom is 0.516 e. The quantitative estimate of drug-likeness (QED) is 0.269. The van der Waals surface area contributed by atoms with Crippen LogP contribution in [0.15, 0.2) is 50.5 Å². The predicted molar refractivity (Wildman–Crippen MR) is 118 cm³/mol. The van der Waals surface area contributed by atoms with Gasteiger partial charge >= 0.3 is 15.5 Å². The molecular weight excluding hydrogens is 577 g/mol. The molecular formula is C18H16Br2ClF3N2O3S. The monoisotopic (exact) mass is 590 g/mol. The van der Waals surface area contributed by atoms with Gasteiger partial charge in [0.2, 0.25) is 0 Å². The van der Waals surface area contributed by atoms with Crippen LogP contribution >= 0.6 is 43.5 Å². The number of halogens is 6. The molecule has 0 atom stereocenters. The van der Waals surface area contributed by atoms with Crippen molar-refractivity contribution in [1.29, 1.82) is 0 Å². The van der Waals surface area contributed by atoms with Crippen LogP contribution in [0.5, 0.6) is 0 Å². The van der Waals surface area contributed by atoms with Gasteiger partial charge < -0.3 is 4.84 Å². The lowest BCUT2D eigenvalue weighted by molar-refractivity contribution is -0.0429. The summed E-state index contributed by atoms with van der Waals surface area (Å²) >= 11 is 12.7. The van der Waals surface area contributed by atoms with E-state index in [4.69, 9.17) is 16.4 Å². The van der Waals surface area contributed by atoms with E-state index in [9.17, 15) is 21.6 Å². The summed E-state index contributed by atoms with van der Waals surface area (Å²) < 4.78 is 64.7. The third-order valence-corrected chi connectivity index (χ3v) is 5.91. The zero-order valence-electron chi connectivity index (χ0n) is 15.4. The van der Waals surface area contributed by atoms with E-state index in [1.54, 1.807) is 4.72 Å². The lowest BCUT2D eigenvalue weighted by atomic mass is 10.0. The molecule has 0 amide bonds. The van der Waals surface area contributed by atoms with Crippen LogP contribution in [0.2, 0.25) is 5.02 Å². The van der Waals surface area contributed by atoms with Gasteiger partial charge in [0.1, 0.15) is 6.61 Å². The lowest BCUT2D eigenvalue weighted by Gasteiger charge is -2.15. The Morgan fingerprint density at radius 3 is 2.37 bits per heavy atom. The zero-order valence-corrected chi connectivity index (χ0v) is 20.2. The molecule has 0 aliphatic carbocycles. The van der Waals surface area contributed by atoms with Crippen molar-refractivity contribution < 1.29 is 26.4 Å². The second kappa shape index (κ2) is 10.3. The molecule has 0 saturated carbocycles. The molecule has 0 spiro atoms. The Morgan fingerprint density at radius 1 is 1.17 bits per heavy atom. The van der Waals surface area contributed by atoms with Crippen molar-refractivity contribution in [2.45, 2.75) is 31.9 Å². The number of nitrogens with one attached hydrogen (secondary N) is 1. The van der Waals surface area contributed by atoms with Gasteiger partial charge in [0.25, 0.3) is 0 Å². The molecule has 2 rings (SSSR count). The van der Waals surface area contributed by atoms with E-state index in [1.807, 2.05) is 25.1 Å². The molecule has 30 heavy (non-hydrogen) atoms. The summed E-state index contributed by atoms with van der Waals surface area (Å²) in [4.78, 5) is 5.39. The van der Waals surface area contributed by atoms with Gasteiger partial charge in [-0.2, -0.15) is 21.6 Å². The van der Waals surface area contributed by atoms with Crippen LogP contribution in [0.4, 0.5) is 18.9 Å². The van der Waals surface area contributed by atoms with Crippen molar-refractivity contribution >= 4 is 64.9 Å². The second-order valence-corrected chi connectivity index (χ2v) is 10.0. The highest BCUT2D eigenvalue weighted by molar-refractivity contribution is 9.11. The third-order valence-electron chi connectivity index (χ3n) is 3.66. The van der Waals surface area contributed by atoms with E-state index in [-0.39, 0.29) is 28.6 Å². The van der Waals surface area contributed by atoms with E-state index < -0.39 is 15.5 Å². The summed E-state index contributed by atoms with van der Waals surface area (Å²) in [5.41, 5.74) is -4.60.